The van der Waals surface area contributed by atoms with Crippen molar-refractivity contribution in [2.24, 2.45) is 11.3 Å². The van der Waals surface area contributed by atoms with Gasteiger partial charge < -0.3 is 5.32 Å². The molecule has 5 heteroatoms. The predicted molar refractivity (Wildman–Crippen MR) is 52.7 cm³/mol. The quantitative estimate of drug-likeness (QED) is 0.696. The first-order valence-electron chi connectivity index (χ1n) is 5.05. The fraction of sp³-hybridized carbons (Fsp3) is 1.00. The fourth-order valence-electron chi connectivity index (χ4n) is 2.60. The minimum atomic E-state index is -2.83. The van der Waals surface area contributed by atoms with E-state index >= 15 is 0 Å². The first-order chi connectivity index (χ1) is 6.58. The van der Waals surface area contributed by atoms with Gasteiger partial charge in [-0.25, -0.2) is 8.42 Å². The summed E-state index contributed by atoms with van der Waals surface area (Å²) >= 11 is 0. The summed E-state index contributed by atoms with van der Waals surface area (Å²) in [7, 11) is -2.83. The van der Waals surface area contributed by atoms with Crippen molar-refractivity contribution in [1.29, 1.82) is 0 Å². The molecule has 0 amide bonds. The Kier molecular flexibility index (Phi) is 2.55. The molecule has 14 heavy (non-hydrogen) atoms. The van der Waals surface area contributed by atoms with Gasteiger partial charge in [0.25, 0.3) is 0 Å². The van der Waals surface area contributed by atoms with Crippen LogP contribution < -0.4 is 5.32 Å². The Hall–Kier alpha value is -0.160. The van der Waals surface area contributed by atoms with Gasteiger partial charge in [0, 0.05) is 19.0 Å². The van der Waals surface area contributed by atoms with Gasteiger partial charge in [-0.15, -0.1) is 0 Å². The Morgan fingerprint density at radius 3 is 2.57 bits per heavy atom. The summed E-state index contributed by atoms with van der Waals surface area (Å²) in [6.45, 7) is 1.17. The van der Waals surface area contributed by atoms with Crippen molar-refractivity contribution in [3.63, 3.8) is 0 Å². The molecule has 2 saturated heterocycles. The van der Waals surface area contributed by atoms with E-state index in [1.54, 1.807) is 0 Å². The monoisotopic (exact) mass is 221 g/mol. The topological polar surface area (TPSA) is 46.2 Å². The van der Waals surface area contributed by atoms with Crippen molar-refractivity contribution in [2.75, 3.05) is 31.3 Å². The Morgan fingerprint density at radius 1 is 1.36 bits per heavy atom. The molecule has 2 aliphatic rings. The third-order valence-corrected chi connectivity index (χ3v) is 5.39. The van der Waals surface area contributed by atoms with Crippen LogP contribution in [-0.4, -0.2) is 39.7 Å². The zero-order chi connectivity index (χ0) is 10.2. The van der Waals surface area contributed by atoms with Crippen LogP contribution in [0.1, 0.15) is 12.8 Å². The molecule has 0 aromatic heterocycles. The molecule has 1 unspecified atom stereocenters. The molecule has 2 heterocycles. The van der Waals surface area contributed by atoms with E-state index in [1.165, 1.54) is 0 Å². The summed E-state index contributed by atoms with van der Waals surface area (Å²) in [6, 6.07) is 0. The van der Waals surface area contributed by atoms with Crippen LogP contribution in [0.2, 0.25) is 0 Å². The molecule has 0 aromatic rings. The Balaban J connectivity index is 2.11. The highest BCUT2D eigenvalue weighted by Crippen LogP contribution is 2.42. The molecular weight excluding hydrogens is 205 g/mol. The van der Waals surface area contributed by atoms with Gasteiger partial charge in [-0.2, -0.15) is 0 Å². The molecule has 1 atom stereocenters. The maximum absolute atomic E-state index is 12.7. The van der Waals surface area contributed by atoms with Gasteiger partial charge in [0.2, 0.25) is 0 Å². The lowest BCUT2D eigenvalue weighted by Crippen LogP contribution is -2.40. The number of halogens is 1. The van der Waals surface area contributed by atoms with E-state index in [0.29, 0.717) is 19.4 Å². The number of hydrogen-bond donors (Lipinski definition) is 1. The van der Waals surface area contributed by atoms with E-state index in [-0.39, 0.29) is 29.5 Å². The smallest absolute Gasteiger partial charge is 0.150 e. The molecule has 2 rings (SSSR count). The average molecular weight is 221 g/mol. The van der Waals surface area contributed by atoms with Crippen LogP contribution in [0.25, 0.3) is 0 Å². The van der Waals surface area contributed by atoms with Crippen LogP contribution in [-0.2, 0) is 9.84 Å². The standard InChI is InChI=1S/C9H16FNO2S/c10-5-8-6-11-7-9(8)1-3-14(12,13)4-2-9/h8,11H,1-7H2. The van der Waals surface area contributed by atoms with E-state index in [9.17, 15) is 12.8 Å². The minimum Gasteiger partial charge on any atom is -0.316 e. The summed E-state index contributed by atoms with van der Waals surface area (Å²) < 4.78 is 35.3. The molecule has 1 spiro atoms. The highest BCUT2D eigenvalue weighted by atomic mass is 32.2. The summed E-state index contributed by atoms with van der Waals surface area (Å²) in [6.07, 6.45) is 1.27. The Labute approximate surface area is 84.0 Å². The van der Waals surface area contributed by atoms with E-state index in [0.717, 1.165) is 6.54 Å². The molecule has 0 bridgehead atoms. The minimum absolute atomic E-state index is 0.0259. The number of hydrogen-bond acceptors (Lipinski definition) is 3. The summed E-state index contributed by atoms with van der Waals surface area (Å²) in [5.74, 6) is 0.508. The maximum Gasteiger partial charge on any atom is 0.150 e. The lowest BCUT2D eigenvalue weighted by molar-refractivity contribution is 0.167. The van der Waals surface area contributed by atoms with E-state index in [4.69, 9.17) is 0 Å². The molecule has 2 fully saturated rings. The molecule has 1 N–H and O–H groups in total. The SMILES string of the molecule is O=S1(=O)CCC2(CC1)CNCC2CF. The maximum atomic E-state index is 12.7. The van der Waals surface area contributed by atoms with Gasteiger partial charge in [-0.3, -0.25) is 4.39 Å². The molecule has 0 radical (unpaired) electrons. The van der Waals surface area contributed by atoms with Gasteiger partial charge in [0.05, 0.1) is 18.2 Å². The van der Waals surface area contributed by atoms with Crippen LogP contribution in [0.3, 0.4) is 0 Å². The number of sulfone groups is 1. The first-order valence-corrected chi connectivity index (χ1v) is 6.87. The van der Waals surface area contributed by atoms with Crippen molar-refractivity contribution < 1.29 is 12.8 Å². The van der Waals surface area contributed by atoms with Crippen molar-refractivity contribution in [3.05, 3.63) is 0 Å². The van der Waals surface area contributed by atoms with Gasteiger partial charge in [0.15, 0.2) is 0 Å². The fourth-order valence-corrected chi connectivity index (χ4v) is 4.24. The Bertz CT molecular complexity index is 301. The molecule has 3 nitrogen and oxygen atoms in total. The molecule has 82 valence electrons. The summed E-state index contributed by atoms with van der Waals surface area (Å²) in [5, 5.41) is 3.18. The largest absolute Gasteiger partial charge is 0.316 e. The second kappa shape index (κ2) is 3.45. The average Bonchev–Trinajstić information content (AvgIpc) is 2.54. The molecule has 0 aromatic carbocycles. The van der Waals surface area contributed by atoms with Crippen molar-refractivity contribution >= 4 is 9.84 Å². The van der Waals surface area contributed by atoms with Crippen molar-refractivity contribution in [2.45, 2.75) is 12.8 Å². The third kappa shape index (κ3) is 1.67. The number of rotatable bonds is 1. The van der Waals surface area contributed by atoms with E-state index in [2.05, 4.69) is 5.32 Å². The molecule has 0 saturated carbocycles. The molecular formula is C9H16FNO2S. The normalized spacial score (nSPS) is 34.8. The molecule has 0 aliphatic carbocycles. The first kappa shape index (κ1) is 10.4. The second-order valence-corrected chi connectivity index (χ2v) is 6.80. The highest BCUT2D eigenvalue weighted by molar-refractivity contribution is 7.91. The van der Waals surface area contributed by atoms with Gasteiger partial charge in [0.1, 0.15) is 9.84 Å². The van der Waals surface area contributed by atoms with E-state index in [1.807, 2.05) is 0 Å². The zero-order valence-electron chi connectivity index (χ0n) is 8.13. The van der Waals surface area contributed by atoms with Crippen molar-refractivity contribution in [1.82, 2.24) is 5.32 Å². The highest BCUT2D eigenvalue weighted by Gasteiger charge is 2.46. The summed E-state index contributed by atoms with van der Waals surface area (Å²) in [4.78, 5) is 0. The number of nitrogens with one attached hydrogen (secondary N) is 1. The van der Waals surface area contributed by atoms with Crippen LogP contribution in [0.4, 0.5) is 4.39 Å². The molecule has 2 aliphatic heterocycles. The van der Waals surface area contributed by atoms with Gasteiger partial charge >= 0.3 is 0 Å². The van der Waals surface area contributed by atoms with E-state index < -0.39 is 9.84 Å². The predicted octanol–water partition coefficient (Wildman–Crippen LogP) is 0.370. The van der Waals surface area contributed by atoms with Crippen LogP contribution in [0, 0.1) is 11.3 Å². The van der Waals surface area contributed by atoms with Gasteiger partial charge in [-0.05, 0) is 18.3 Å². The number of alkyl halides is 1. The summed E-state index contributed by atoms with van der Waals surface area (Å²) in [5.41, 5.74) is -0.0694. The third-order valence-electron chi connectivity index (χ3n) is 3.74. The van der Waals surface area contributed by atoms with Crippen molar-refractivity contribution in [3.8, 4) is 0 Å². The van der Waals surface area contributed by atoms with Gasteiger partial charge in [-0.1, -0.05) is 0 Å². The second-order valence-electron chi connectivity index (χ2n) is 4.50. The lowest BCUT2D eigenvalue weighted by atomic mass is 9.74. The van der Waals surface area contributed by atoms with Crippen LogP contribution >= 0.6 is 0 Å². The van der Waals surface area contributed by atoms with Crippen LogP contribution in [0.5, 0.6) is 0 Å². The van der Waals surface area contributed by atoms with Crippen LogP contribution in [0.15, 0.2) is 0 Å². The zero-order valence-corrected chi connectivity index (χ0v) is 8.95. The Morgan fingerprint density at radius 2 is 2.00 bits per heavy atom. The lowest BCUT2D eigenvalue weighted by Gasteiger charge is -2.36.